The highest BCUT2D eigenvalue weighted by Gasteiger charge is 2.50. The summed E-state index contributed by atoms with van der Waals surface area (Å²) in [4.78, 5) is 13.1. The highest BCUT2D eigenvalue weighted by atomic mass is 35.5. The van der Waals surface area contributed by atoms with Crippen molar-refractivity contribution >= 4 is 50.9 Å². The first-order chi connectivity index (χ1) is 15.1. The predicted molar refractivity (Wildman–Crippen MR) is 125 cm³/mol. The summed E-state index contributed by atoms with van der Waals surface area (Å²) in [5.41, 5.74) is 5.67. The molecule has 1 aromatic carbocycles. The molecule has 0 unspecified atom stereocenters. The Morgan fingerprint density at radius 1 is 1.25 bits per heavy atom. The van der Waals surface area contributed by atoms with Gasteiger partial charge in [-0.15, -0.1) is 0 Å². The second kappa shape index (κ2) is 8.13. The normalized spacial score (nSPS) is 25.6. The van der Waals surface area contributed by atoms with Crippen molar-refractivity contribution in [2.75, 3.05) is 11.9 Å². The van der Waals surface area contributed by atoms with Crippen molar-refractivity contribution in [3.8, 4) is 0 Å². The number of benzene rings is 1. The molecule has 0 aliphatic carbocycles. The van der Waals surface area contributed by atoms with Gasteiger partial charge in [-0.05, 0) is 32.0 Å². The van der Waals surface area contributed by atoms with Crippen LogP contribution in [-0.4, -0.2) is 31.6 Å². The van der Waals surface area contributed by atoms with Crippen molar-refractivity contribution in [1.29, 1.82) is 0 Å². The Morgan fingerprint density at radius 3 is 2.72 bits per heavy atom. The van der Waals surface area contributed by atoms with E-state index in [1.165, 1.54) is 24.0 Å². The van der Waals surface area contributed by atoms with E-state index in [4.69, 9.17) is 17.3 Å². The SMILES string of the molecule is C[C@@H]1[C@@](C)(CO)SC(N)=N[C@]1(C)c1cc(Nc2nccc3cc(Cl)cnc23)cc(F)c1F. The number of aliphatic hydroxyl groups excluding tert-OH is 1. The van der Waals surface area contributed by atoms with E-state index in [1.807, 2.05) is 13.8 Å². The minimum atomic E-state index is -1.20. The van der Waals surface area contributed by atoms with E-state index >= 15 is 4.39 Å². The number of pyridine rings is 2. The van der Waals surface area contributed by atoms with Gasteiger partial charge in [0.2, 0.25) is 0 Å². The largest absolute Gasteiger partial charge is 0.395 e. The van der Waals surface area contributed by atoms with Crippen LogP contribution in [0, 0.1) is 17.6 Å². The minimum absolute atomic E-state index is 0.0339. The molecule has 0 radical (unpaired) electrons. The molecule has 168 valence electrons. The molecule has 6 nitrogen and oxygen atoms in total. The lowest BCUT2D eigenvalue weighted by Crippen LogP contribution is -2.50. The second-order valence-corrected chi connectivity index (χ2v) is 10.2. The Labute approximate surface area is 193 Å². The summed E-state index contributed by atoms with van der Waals surface area (Å²) in [6, 6.07) is 6.05. The van der Waals surface area contributed by atoms with Crippen LogP contribution in [0.1, 0.15) is 26.3 Å². The molecule has 1 aliphatic heterocycles. The standard InChI is InChI=1S/C22H22ClF2N5OS/c1-11-21(2,10-31)32-20(26)30-22(11,3)15-7-14(8-16(24)17(15)25)29-19-18-12(4-5-27-19)6-13(23)9-28-18/h4-9,11,31H,10H2,1-3H3,(H2,26,30)(H,27,29)/t11-,21-,22+/m1/s1. The average Bonchev–Trinajstić information content (AvgIpc) is 2.74. The van der Waals surface area contributed by atoms with Crippen LogP contribution in [-0.2, 0) is 5.54 Å². The molecule has 0 fully saturated rings. The number of fused-ring (bicyclic) bond motifs is 1. The van der Waals surface area contributed by atoms with Crippen molar-refractivity contribution < 1.29 is 13.9 Å². The van der Waals surface area contributed by atoms with Gasteiger partial charge in [-0.2, -0.15) is 0 Å². The molecule has 3 heterocycles. The number of nitrogens with two attached hydrogens (primary N) is 1. The molecular formula is C22H22ClF2N5OS. The average molecular weight is 478 g/mol. The van der Waals surface area contributed by atoms with Gasteiger partial charge < -0.3 is 16.2 Å². The van der Waals surface area contributed by atoms with Crippen LogP contribution in [0.5, 0.6) is 0 Å². The Balaban J connectivity index is 1.82. The minimum Gasteiger partial charge on any atom is -0.395 e. The second-order valence-electron chi connectivity index (χ2n) is 8.22. The van der Waals surface area contributed by atoms with Gasteiger partial charge in [-0.3, -0.25) is 9.98 Å². The van der Waals surface area contributed by atoms with Gasteiger partial charge in [0.1, 0.15) is 5.52 Å². The molecule has 3 atom stereocenters. The molecular weight excluding hydrogens is 456 g/mol. The van der Waals surface area contributed by atoms with Crippen LogP contribution >= 0.6 is 23.4 Å². The van der Waals surface area contributed by atoms with Crippen molar-refractivity contribution in [3.63, 3.8) is 0 Å². The summed E-state index contributed by atoms with van der Waals surface area (Å²) < 4.78 is 29.1. The zero-order chi connectivity index (χ0) is 23.3. The van der Waals surface area contributed by atoms with E-state index in [1.54, 1.807) is 25.3 Å². The molecule has 2 aromatic heterocycles. The fourth-order valence-corrected chi connectivity index (χ4v) is 5.37. The van der Waals surface area contributed by atoms with Crippen molar-refractivity contribution in [1.82, 2.24) is 9.97 Å². The van der Waals surface area contributed by atoms with Gasteiger partial charge in [-0.1, -0.05) is 30.3 Å². The smallest absolute Gasteiger partial charge is 0.164 e. The van der Waals surface area contributed by atoms with Gasteiger partial charge in [0, 0.05) is 45.8 Å². The third kappa shape index (κ3) is 3.78. The lowest BCUT2D eigenvalue weighted by atomic mass is 9.74. The van der Waals surface area contributed by atoms with Crippen molar-refractivity contribution in [2.45, 2.75) is 31.1 Å². The zero-order valence-electron chi connectivity index (χ0n) is 17.7. The molecule has 3 aromatic rings. The molecule has 0 spiro atoms. The first kappa shape index (κ1) is 22.7. The topological polar surface area (TPSA) is 96.4 Å². The number of nitrogens with zero attached hydrogens (tertiary/aromatic N) is 3. The summed E-state index contributed by atoms with van der Waals surface area (Å²) in [6.07, 6.45) is 3.06. The highest BCUT2D eigenvalue weighted by Crippen LogP contribution is 2.50. The summed E-state index contributed by atoms with van der Waals surface area (Å²) in [5.74, 6) is -2.03. The number of hydrogen-bond donors (Lipinski definition) is 3. The number of nitrogens with one attached hydrogen (secondary N) is 1. The Kier molecular flexibility index (Phi) is 5.77. The molecule has 4 N–H and O–H groups in total. The van der Waals surface area contributed by atoms with Crippen molar-refractivity contribution in [3.05, 3.63) is 58.9 Å². The quantitative estimate of drug-likeness (QED) is 0.491. The monoisotopic (exact) mass is 477 g/mol. The molecule has 1 aliphatic rings. The number of thioether (sulfide) groups is 1. The number of rotatable bonds is 4. The van der Waals surface area contributed by atoms with Gasteiger partial charge in [0.05, 0.1) is 17.2 Å². The predicted octanol–water partition coefficient (Wildman–Crippen LogP) is 4.97. The molecule has 4 rings (SSSR count). The fraction of sp³-hybridized carbons (Fsp3) is 0.318. The van der Waals surface area contributed by atoms with Gasteiger partial charge >= 0.3 is 0 Å². The summed E-state index contributed by atoms with van der Waals surface area (Å²) in [5, 5.41) is 14.4. The number of halogens is 3. The maximum Gasteiger partial charge on any atom is 0.164 e. The molecule has 32 heavy (non-hydrogen) atoms. The first-order valence-electron chi connectivity index (χ1n) is 9.89. The molecule has 0 amide bonds. The van der Waals surface area contributed by atoms with Crippen LogP contribution in [0.4, 0.5) is 20.3 Å². The lowest BCUT2D eigenvalue weighted by Gasteiger charge is -2.46. The van der Waals surface area contributed by atoms with E-state index in [2.05, 4.69) is 20.3 Å². The van der Waals surface area contributed by atoms with Gasteiger partial charge in [0.25, 0.3) is 0 Å². The maximum absolute atomic E-state index is 15.1. The Bertz CT molecular complexity index is 1240. The maximum atomic E-state index is 15.1. The third-order valence-corrected chi connectivity index (χ3v) is 7.61. The molecule has 0 saturated carbocycles. The Hall–Kier alpha value is -2.49. The number of aliphatic imine (C=N–C) groups is 1. The number of aromatic nitrogens is 2. The zero-order valence-corrected chi connectivity index (χ0v) is 19.2. The first-order valence-corrected chi connectivity index (χ1v) is 11.1. The number of hydrogen-bond acceptors (Lipinski definition) is 7. The van der Waals surface area contributed by atoms with Crippen molar-refractivity contribution in [2.24, 2.45) is 16.6 Å². The summed E-state index contributed by atoms with van der Waals surface area (Å²) in [6.45, 7) is 5.17. The van der Waals surface area contributed by atoms with Crippen LogP contribution in [0.2, 0.25) is 5.02 Å². The number of amidine groups is 1. The molecule has 0 bridgehead atoms. The molecule has 0 saturated heterocycles. The number of aliphatic hydroxyl groups is 1. The fourth-order valence-electron chi connectivity index (χ4n) is 4.02. The van der Waals surface area contributed by atoms with E-state index < -0.39 is 21.9 Å². The number of anilines is 2. The highest BCUT2D eigenvalue weighted by molar-refractivity contribution is 8.15. The summed E-state index contributed by atoms with van der Waals surface area (Å²) >= 11 is 7.25. The van der Waals surface area contributed by atoms with Crippen LogP contribution in [0.3, 0.4) is 0 Å². The van der Waals surface area contributed by atoms with E-state index in [-0.39, 0.29) is 28.9 Å². The van der Waals surface area contributed by atoms with Crippen LogP contribution in [0.15, 0.2) is 41.7 Å². The van der Waals surface area contributed by atoms with Gasteiger partial charge in [0.15, 0.2) is 22.6 Å². The summed E-state index contributed by atoms with van der Waals surface area (Å²) in [7, 11) is 0. The van der Waals surface area contributed by atoms with Gasteiger partial charge in [-0.25, -0.2) is 13.8 Å². The Morgan fingerprint density at radius 2 is 2.00 bits per heavy atom. The lowest BCUT2D eigenvalue weighted by molar-refractivity contribution is 0.168. The van der Waals surface area contributed by atoms with Crippen LogP contribution in [0.25, 0.3) is 10.9 Å². The van der Waals surface area contributed by atoms with E-state index in [0.717, 1.165) is 11.5 Å². The van der Waals surface area contributed by atoms with Crippen LogP contribution < -0.4 is 11.1 Å². The molecule has 10 heteroatoms. The van der Waals surface area contributed by atoms with E-state index in [9.17, 15) is 9.50 Å². The van der Waals surface area contributed by atoms with E-state index in [0.29, 0.717) is 16.4 Å². The third-order valence-electron chi connectivity index (χ3n) is 6.16.